The maximum absolute atomic E-state index is 3.91. The average Bonchev–Trinajstić information content (AvgIpc) is 1.98. The van der Waals surface area contributed by atoms with Crippen LogP contribution in [0.15, 0.2) is 42.6 Å². The quantitative estimate of drug-likeness (QED) is 0.415. The fourth-order valence-electron chi connectivity index (χ4n) is 0.375. The summed E-state index contributed by atoms with van der Waals surface area (Å²) in [6.07, 6.45) is 8.86. The highest BCUT2D eigenvalue weighted by atomic mass is 14.6. The van der Waals surface area contributed by atoms with E-state index in [0.717, 1.165) is 0 Å². The predicted molar refractivity (Wildman–Crippen MR) is 47.2 cm³/mol. The molecule has 0 saturated carbocycles. The van der Waals surface area contributed by atoms with Gasteiger partial charge in [-0.25, -0.2) is 0 Å². The van der Waals surface area contributed by atoms with Crippen molar-refractivity contribution in [1.29, 1.82) is 0 Å². The van der Waals surface area contributed by atoms with E-state index in [2.05, 4.69) is 18.2 Å². The highest BCUT2D eigenvalue weighted by molar-refractivity contribution is 5.70. The molecule has 0 N–H and O–H groups in total. The van der Waals surface area contributed by atoms with Crippen molar-refractivity contribution >= 4 is 6.21 Å². The Balaban J connectivity index is 3.64. The molecule has 1 heteroatoms. The zero-order valence-corrected chi connectivity index (χ0v) is 6.33. The molecule has 0 bridgehead atoms. The Hall–Kier alpha value is -1.11. The molecule has 0 aliphatic carbocycles. The minimum absolute atomic E-state index is 0.391. The van der Waals surface area contributed by atoms with E-state index in [0.29, 0.717) is 5.92 Å². The van der Waals surface area contributed by atoms with E-state index in [9.17, 15) is 0 Å². The lowest BCUT2D eigenvalue weighted by molar-refractivity contribution is 0.940. The van der Waals surface area contributed by atoms with E-state index in [1.54, 1.807) is 18.5 Å². The molecule has 0 aromatic rings. The minimum Gasteiger partial charge on any atom is -0.265 e. The van der Waals surface area contributed by atoms with Crippen LogP contribution in [-0.2, 0) is 0 Å². The van der Waals surface area contributed by atoms with Gasteiger partial charge in [-0.15, -0.1) is 6.58 Å². The van der Waals surface area contributed by atoms with Crippen LogP contribution in [0.5, 0.6) is 0 Å². The van der Waals surface area contributed by atoms with Crippen LogP contribution >= 0.6 is 0 Å². The Kier molecular flexibility index (Phi) is 5.35. The highest BCUT2D eigenvalue weighted by Crippen LogP contribution is 1.96. The SMILES string of the molecule is C=C/C=N\C=C/C(C)C=C. The summed E-state index contributed by atoms with van der Waals surface area (Å²) in [7, 11) is 0. The third-order valence-electron chi connectivity index (χ3n) is 1.04. The molecule has 0 rings (SSSR count). The molecule has 0 heterocycles. The van der Waals surface area contributed by atoms with Crippen molar-refractivity contribution in [2.45, 2.75) is 6.92 Å². The summed E-state index contributed by atoms with van der Waals surface area (Å²) in [5.41, 5.74) is 0. The molecule has 0 amide bonds. The molecular weight excluding hydrogens is 122 g/mol. The lowest BCUT2D eigenvalue weighted by Gasteiger charge is -1.91. The Bertz CT molecular complexity index is 154. The van der Waals surface area contributed by atoms with Crippen LogP contribution < -0.4 is 0 Å². The second-order valence-corrected chi connectivity index (χ2v) is 1.97. The molecule has 0 aliphatic rings. The molecule has 0 radical (unpaired) electrons. The van der Waals surface area contributed by atoms with Gasteiger partial charge in [0.15, 0.2) is 0 Å². The lowest BCUT2D eigenvalue weighted by Crippen LogP contribution is -1.78. The van der Waals surface area contributed by atoms with Gasteiger partial charge in [-0.1, -0.05) is 31.7 Å². The molecule has 0 aromatic heterocycles. The first-order chi connectivity index (χ1) is 4.81. The molecule has 0 fully saturated rings. The topological polar surface area (TPSA) is 12.4 Å². The molecule has 10 heavy (non-hydrogen) atoms. The van der Waals surface area contributed by atoms with Crippen molar-refractivity contribution in [1.82, 2.24) is 0 Å². The number of hydrogen-bond donors (Lipinski definition) is 0. The standard InChI is InChI=1S/C9H13N/c1-4-7-10-8-6-9(3)5-2/h4-9H,1-2H2,3H3/b8-6-,10-7-. The summed E-state index contributed by atoms with van der Waals surface area (Å²) in [6.45, 7) is 9.18. The normalized spacial score (nSPS) is 14.1. The predicted octanol–water partition coefficient (Wildman–Crippen LogP) is 2.58. The van der Waals surface area contributed by atoms with Crippen molar-refractivity contribution in [2.75, 3.05) is 0 Å². The lowest BCUT2D eigenvalue weighted by atomic mass is 10.2. The summed E-state index contributed by atoms with van der Waals surface area (Å²) in [4.78, 5) is 3.91. The Morgan fingerprint density at radius 1 is 1.40 bits per heavy atom. The van der Waals surface area contributed by atoms with Crippen LogP contribution in [0.4, 0.5) is 0 Å². The van der Waals surface area contributed by atoms with Gasteiger partial charge in [-0.2, -0.15) is 0 Å². The van der Waals surface area contributed by atoms with Crippen LogP contribution in [0.25, 0.3) is 0 Å². The Morgan fingerprint density at radius 2 is 2.10 bits per heavy atom. The number of rotatable bonds is 4. The minimum atomic E-state index is 0.391. The first-order valence-corrected chi connectivity index (χ1v) is 3.24. The average molecular weight is 135 g/mol. The molecule has 0 spiro atoms. The zero-order valence-electron chi connectivity index (χ0n) is 6.33. The maximum Gasteiger partial charge on any atom is 0.0261 e. The van der Waals surface area contributed by atoms with Gasteiger partial charge in [-0.05, 0) is 5.92 Å². The summed E-state index contributed by atoms with van der Waals surface area (Å²) in [5.74, 6) is 0.391. The van der Waals surface area contributed by atoms with E-state index < -0.39 is 0 Å². The summed E-state index contributed by atoms with van der Waals surface area (Å²) < 4.78 is 0. The smallest absolute Gasteiger partial charge is 0.0261 e. The molecular formula is C9H13N. The van der Waals surface area contributed by atoms with Crippen LogP contribution in [0.2, 0.25) is 0 Å². The highest BCUT2D eigenvalue weighted by Gasteiger charge is 1.82. The van der Waals surface area contributed by atoms with Crippen molar-refractivity contribution in [3.8, 4) is 0 Å². The van der Waals surface area contributed by atoms with Gasteiger partial charge in [-0.3, -0.25) is 4.99 Å². The summed E-state index contributed by atoms with van der Waals surface area (Å²) >= 11 is 0. The fraction of sp³-hybridized carbons (Fsp3) is 0.222. The van der Waals surface area contributed by atoms with E-state index in [4.69, 9.17) is 0 Å². The van der Waals surface area contributed by atoms with Gasteiger partial charge in [0.25, 0.3) is 0 Å². The zero-order chi connectivity index (χ0) is 7.82. The number of hydrogen-bond acceptors (Lipinski definition) is 1. The third-order valence-corrected chi connectivity index (χ3v) is 1.04. The Labute approximate surface area is 62.5 Å². The molecule has 1 unspecified atom stereocenters. The van der Waals surface area contributed by atoms with Crippen LogP contribution in [0.1, 0.15) is 6.92 Å². The first-order valence-electron chi connectivity index (χ1n) is 3.24. The Morgan fingerprint density at radius 3 is 2.60 bits per heavy atom. The van der Waals surface area contributed by atoms with Gasteiger partial charge in [0.2, 0.25) is 0 Å². The van der Waals surface area contributed by atoms with E-state index in [1.807, 2.05) is 19.1 Å². The van der Waals surface area contributed by atoms with E-state index in [-0.39, 0.29) is 0 Å². The molecule has 0 saturated heterocycles. The molecule has 0 aliphatic heterocycles. The number of allylic oxidation sites excluding steroid dienone is 3. The monoisotopic (exact) mass is 135 g/mol. The second kappa shape index (κ2) is 6.02. The van der Waals surface area contributed by atoms with E-state index in [1.165, 1.54) is 0 Å². The molecule has 0 aromatic carbocycles. The van der Waals surface area contributed by atoms with E-state index >= 15 is 0 Å². The van der Waals surface area contributed by atoms with Crippen molar-refractivity contribution in [3.63, 3.8) is 0 Å². The maximum atomic E-state index is 3.91. The van der Waals surface area contributed by atoms with Gasteiger partial charge >= 0.3 is 0 Å². The van der Waals surface area contributed by atoms with Crippen LogP contribution in [0, 0.1) is 5.92 Å². The number of aliphatic imine (C=N–C) groups is 1. The van der Waals surface area contributed by atoms with Crippen molar-refractivity contribution < 1.29 is 0 Å². The third kappa shape index (κ3) is 5.04. The molecule has 1 nitrogen and oxygen atoms in total. The van der Waals surface area contributed by atoms with Crippen molar-refractivity contribution in [3.05, 3.63) is 37.6 Å². The largest absolute Gasteiger partial charge is 0.265 e. The van der Waals surface area contributed by atoms with Gasteiger partial charge < -0.3 is 0 Å². The summed E-state index contributed by atoms with van der Waals surface area (Å²) in [6, 6.07) is 0. The van der Waals surface area contributed by atoms with Gasteiger partial charge in [0.1, 0.15) is 0 Å². The molecule has 1 atom stereocenters. The number of nitrogens with zero attached hydrogens (tertiary/aromatic N) is 1. The second-order valence-electron chi connectivity index (χ2n) is 1.97. The van der Waals surface area contributed by atoms with Gasteiger partial charge in [0.05, 0.1) is 0 Å². The van der Waals surface area contributed by atoms with Crippen molar-refractivity contribution in [2.24, 2.45) is 10.9 Å². The van der Waals surface area contributed by atoms with Gasteiger partial charge in [0, 0.05) is 12.4 Å². The van der Waals surface area contributed by atoms with Crippen LogP contribution in [-0.4, -0.2) is 6.21 Å². The molecule has 54 valence electrons. The fourth-order valence-corrected chi connectivity index (χ4v) is 0.375. The van der Waals surface area contributed by atoms with Crippen LogP contribution in [0.3, 0.4) is 0 Å². The first kappa shape index (κ1) is 8.89. The summed E-state index contributed by atoms with van der Waals surface area (Å²) in [5, 5.41) is 0.